The molecule has 3 heteroatoms. The first-order chi connectivity index (χ1) is 10.2. The molecule has 0 aliphatic rings. The maximum atomic E-state index is 12.4. The summed E-state index contributed by atoms with van der Waals surface area (Å²) < 4.78 is 5.19. The van der Waals surface area contributed by atoms with E-state index in [-0.39, 0.29) is 11.5 Å². The van der Waals surface area contributed by atoms with Gasteiger partial charge in [0, 0.05) is 11.1 Å². The number of carbonyl (C=O) groups is 1. The lowest BCUT2D eigenvalue weighted by molar-refractivity contribution is 0.103. The van der Waals surface area contributed by atoms with Gasteiger partial charge in [-0.25, -0.2) is 0 Å². The zero-order valence-corrected chi connectivity index (χ0v) is 11.5. The van der Waals surface area contributed by atoms with Gasteiger partial charge in [0.25, 0.3) is 0 Å². The average molecular weight is 278 g/mol. The maximum Gasteiger partial charge on any atom is 0.193 e. The van der Waals surface area contributed by atoms with Crippen LogP contribution in [-0.4, -0.2) is 18.0 Å². The van der Waals surface area contributed by atoms with Crippen molar-refractivity contribution in [2.45, 2.75) is 0 Å². The second kappa shape index (κ2) is 5.29. The molecule has 3 rings (SSSR count). The Labute approximate surface area is 122 Å². The Bertz CT molecular complexity index is 804. The van der Waals surface area contributed by atoms with E-state index in [1.807, 2.05) is 30.3 Å². The molecule has 3 aromatic rings. The lowest BCUT2D eigenvalue weighted by Crippen LogP contribution is -2.00. The maximum absolute atomic E-state index is 12.4. The summed E-state index contributed by atoms with van der Waals surface area (Å²) in [6.07, 6.45) is 0. The Morgan fingerprint density at radius 2 is 1.48 bits per heavy atom. The van der Waals surface area contributed by atoms with Gasteiger partial charge < -0.3 is 9.84 Å². The van der Waals surface area contributed by atoms with E-state index < -0.39 is 0 Å². The van der Waals surface area contributed by atoms with E-state index >= 15 is 0 Å². The highest BCUT2D eigenvalue weighted by Crippen LogP contribution is 2.23. The van der Waals surface area contributed by atoms with Crippen LogP contribution in [0.5, 0.6) is 11.5 Å². The minimum absolute atomic E-state index is 0.0623. The molecule has 0 aromatic heterocycles. The predicted molar refractivity (Wildman–Crippen MR) is 82.0 cm³/mol. The number of phenolic OH excluding ortho intramolecular Hbond substituents is 1. The van der Waals surface area contributed by atoms with Gasteiger partial charge in [-0.15, -0.1) is 0 Å². The van der Waals surface area contributed by atoms with Crippen LogP contribution in [0.3, 0.4) is 0 Å². The van der Waals surface area contributed by atoms with E-state index in [2.05, 4.69) is 0 Å². The molecule has 104 valence electrons. The monoisotopic (exact) mass is 278 g/mol. The molecule has 0 bridgehead atoms. The van der Waals surface area contributed by atoms with Crippen molar-refractivity contribution in [3.63, 3.8) is 0 Å². The third-order valence-electron chi connectivity index (χ3n) is 3.44. The summed E-state index contributed by atoms with van der Waals surface area (Å²) in [5.41, 5.74) is 1.18. The van der Waals surface area contributed by atoms with Crippen LogP contribution in [0, 0.1) is 0 Å². The van der Waals surface area contributed by atoms with Crippen LogP contribution < -0.4 is 4.74 Å². The first-order valence-electron chi connectivity index (χ1n) is 6.59. The predicted octanol–water partition coefficient (Wildman–Crippen LogP) is 3.79. The van der Waals surface area contributed by atoms with Crippen molar-refractivity contribution in [2.24, 2.45) is 0 Å². The fraction of sp³-hybridized carbons (Fsp3) is 0.0556. The summed E-state index contributed by atoms with van der Waals surface area (Å²) in [6.45, 7) is 0. The third kappa shape index (κ3) is 2.58. The third-order valence-corrected chi connectivity index (χ3v) is 3.44. The quantitative estimate of drug-likeness (QED) is 0.741. The molecule has 0 aliphatic carbocycles. The van der Waals surface area contributed by atoms with E-state index in [1.165, 1.54) is 12.1 Å². The van der Waals surface area contributed by atoms with Crippen LogP contribution in [-0.2, 0) is 0 Å². The van der Waals surface area contributed by atoms with Crippen molar-refractivity contribution >= 4 is 16.6 Å². The number of aromatic hydroxyl groups is 1. The molecule has 0 aliphatic heterocycles. The molecule has 3 aromatic carbocycles. The Morgan fingerprint density at radius 1 is 0.857 bits per heavy atom. The van der Waals surface area contributed by atoms with Crippen LogP contribution >= 0.6 is 0 Å². The summed E-state index contributed by atoms with van der Waals surface area (Å²) in [5, 5.41) is 11.3. The van der Waals surface area contributed by atoms with Crippen LogP contribution in [0.15, 0.2) is 60.7 Å². The standard InChI is InChI=1S/C18H14O3/c1-21-17-9-6-13-10-15(3-2-14(13)11-17)18(20)12-4-7-16(19)8-5-12/h2-11,19H,1H3. The highest BCUT2D eigenvalue weighted by atomic mass is 16.5. The minimum atomic E-state index is -0.0623. The molecule has 1 N–H and O–H groups in total. The SMILES string of the molecule is COc1ccc2cc(C(=O)c3ccc(O)cc3)ccc2c1. The van der Waals surface area contributed by atoms with Gasteiger partial charge in [-0.2, -0.15) is 0 Å². The summed E-state index contributed by atoms with van der Waals surface area (Å²) in [6, 6.07) is 17.6. The topological polar surface area (TPSA) is 46.5 Å². The van der Waals surface area contributed by atoms with Crippen molar-refractivity contribution in [2.75, 3.05) is 7.11 Å². The number of ether oxygens (including phenoxy) is 1. The lowest BCUT2D eigenvalue weighted by Gasteiger charge is -2.05. The lowest BCUT2D eigenvalue weighted by atomic mass is 10.00. The van der Waals surface area contributed by atoms with Gasteiger partial charge in [0.05, 0.1) is 7.11 Å². The molecule has 3 nitrogen and oxygen atoms in total. The van der Waals surface area contributed by atoms with Crippen LogP contribution in [0.2, 0.25) is 0 Å². The van der Waals surface area contributed by atoms with Crippen molar-refractivity contribution in [3.8, 4) is 11.5 Å². The minimum Gasteiger partial charge on any atom is -0.508 e. The zero-order chi connectivity index (χ0) is 14.8. The first-order valence-corrected chi connectivity index (χ1v) is 6.59. The molecule has 0 radical (unpaired) electrons. The fourth-order valence-electron chi connectivity index (χ4n) is 2.27. The van der Waals surface area contributed by atoms with E-state index in [9.17, 15) is 9.90 Å². The van der Waals surface area contributed by atoms with Crippen molar-refractivity contribution in [1.82, 2.24) is 0 Å². The average Bonchev–Trinajstić information content (AvgIpc) is 2.54. The number of fused-ring (bicyclic) bond motifs is 1. The summed E-state index contributed by atoms with van der Waals surface area (Å²) in [4.78, 5) is 12.4. The Balaban J connectivity index is 2.00. The van der Waals surface area contributed by atoms with E-state index in [0.717, 1.165) is 16.5 Å². The Morgan fingerprint density at radius 3 is 2.19 bits per heavy atom. The second-order valence-corrected chi connectivity index (χ2v) is 4.80. The Hall–Kier alpha value is -2.81. The number of hydrogen-bond acceptors (Lipinski definition) is 3. The molecular weight excluding hydrogens is 264 g/mol. The highest BCUT2D eigenvalue weighted by Gasteiger charge is 2.09. The van der Waals surface area contributed by atoms with E-state index in [0.29, 0.717) is 11.1 Å². The molecule has 0 heterocycles. The number of benzene rings is 3. The summed E-state index contributed by atoms with van der Waals surface area (Å²) in [5.74, 6) is 0.880. The van der Waals surface area contributed by atoms with E-state index in [1.54, 1.807) is 25.3 Å². The Kier molecular flexibility index (Phi) is 3.32. The number of carbonyl (C=O) groups excluding carboxylic acids is 1. The van der Waals surface area contributed by atoms with Gasteiger partial charge >= 0.3 is 0 Å². The molecule has 0 unspecified atom stereocenters. The van der Waals surface area contributed by atoms with Gasteiger partial charge in [0.2, 0.25) is 0 Å². The van der Waals surface area contributed by atoms with Gasteiger partial charge in [0.15, 0.2) is 5.78 Å². The summed E-state index contributed by atoms with van der Waals surface area (Å²) >= 11 is 0. The van der Waals surface area contributed by atoms with Gasteiger partial charge in [-0.1, -0.05) is 18.2 Å². The largest absolute Gasteiger partial charge is 0.508 e. The number of rotatable bonds is 3. The normalized spacial score (nSPS) is 10.5. The number of hydrogen-bond donors (Lipinski definition) is 1. The summed E-state index contributed by atoms with van der Waals surface area (Å²) in [7, 11) is 1.63. The molecule has 0 amide bonds. The van der Waals surface area contributed by atoms with Gasteiger partial charge in [-0.05, 0) is 53.2 Å². The molecule has 0 spiro atoms. The number of methoxy groups -OCH3 is 1. The molecule has 0 atom stereocenters. The number of phenols is 1. The van der Waals surface area contributed by atoms with Crippen molar-refractivity contribution < 1.29 is 14.6 Å². The van der Waals surface area contributed by atoms with Crippen molar-refractivity contribution in [3.05, 3.63) is 71.8 Å². The molecular formula is C18H14O3. The first kappa shape index (κ1) is 13.2. The van der Waals surface area contributed by atoms with Crippen LogP contribution in [0.25, 0.3) is 10.8 Å². The van der Waals surface area contributed by atoms with Gasteiger partial charge in [-0.3, -0.25) is 4.79 Å². The van der Waals surface area contributed by atoms with E-state index in [4.69, 9.17) is 4.74 Å². The second-order valence-electron chi connectivity index (χ2n) is 4.80. The highest BCUT2D eigenvalue weighted by molar-refractivity contribution is 6.10. The molecule has 0 fully saturated rings. The van der Waals surface area contributed by atoms with Crippen LogP contribution in [0.1, 0.15) is 15.9 Å². The smallest absolute Gasteiger partial charge is 0.193 e. The fourth-order valence-corrected chi connectivity index (χ4v) is 2.27. The number of ketones is 1. The molecule has 0 saturated carbocycles. The van der Waals surface area contributed by atoms with Gasteiger partial charge in [0.1, 0.15) is 11.5 Å². The van der Waals surface area contributed by atoms with Crippen molar-refractivity contribution in [1.29, 1.82) is 0 Å². The van der Waals surface area contributed by atoms with Crippen LogP contribution in [0.4, 0.5) is 0 Å². The molecule has 21 heavy (non-hydrogen) atoms. The zero-order valence-electron chi connectivity index (χ0n) is 11.5. The molecule has 0 saturated heterocycles.